The van der Waals surface area contributed by atoms with Crippen molar-refractivity contribution in [2.75, 3.05) is 52.9 Å². The van der Waals surface area contributed by atoms with Gasteiger partial charge in [-0.15, -0.1) is 0 Å². The van der Waals surface area contributed by atoms with Crippen molar-refractivity contribution in [2.45, 2.75) is 111 Å². The molecule has 40 heavy (non-hydrogen) atoms. The third-order valence-corrected chi connectivity index (χ3v) is 6.58. The average molecular weight is 573 g/mol. The fourth-order valence-electron chi connectivity index (χ4n) is 5.49. The van der Waals surface area contributed by atoms with Gasteiger partial charge in [0.25, 0.3) is 17.4 Å². The summed E-state index contributed by atoms with van der Waals surface area (Å²) in [6.07, 6.45) is 3.11. The van der Waals surface area contributed by atoms with E-state index in [4.69, 9.17) is 37.9 Å². The molecule has 0 saturated carbocycles. The number of phenolic OH excluding ortho intramolecular Hbond substituents is 1. The molecule has 0 fully saturated rings. The molecule has 0 amide bonds. The summed E-state index contributed by atoms with van der Waals surface area (Å²) in [6, 6.07) is 6.84. The highest BCUT2D eigenvalue weighted by Crippen LogP contribution is 2.57. The third kappa shape index (κ3) is 7.18. The lowest BCUT2D eigenvalue weighted by Gasteiger charge is -2.60. The summed E-state index contributed by atoms with van der Waals surface area (Å²) in [7, 11) is 0. The first kappa shape index (κ1) is 36.7. The average Bonchev–Trinajstić information content (AvgIpc) is 2.93. The number of rotatable bonds is 24. The van der Waals surface area contributed by atoms with Crippen LogP contribution >= 0.6 is 0 Å². The summed E-state index contributed by atoms with van der Waals surface area (Å²) in [6.45, 7) is 18.8. The first-order valence-corrected chi connectivity index (χ1v) is 15.2. The van der Waals surface area contributed by atoms with Crippen LogP contribution in [0.1, 0.15) is 93.6 Å². The zero-order valence-electron chi connectivity index (χ0n) is 26.5. The highest BCUT2D eigenvalue weighted by Gasteiger charge is 2.79. The number of benzene rings is 1. The van der Waals surface area contributed by atoms with Gasteiger partial charge >= 0.3 is 0 Å². The molecular formula is C31H56O9. The Morgan fingerprint density at radius 2 is 0.950 bits per heavy atom. The fraction of sp³-hybridized carbons (Fsp3) is 0.806. The number of para-hydroxylation sites is 1. The SMILES string of the molecule is CCCCCC(OCC)(OCC)C(OCC)(OCC)C(OCC)(OCC)C(OCC)(OCC)c1ccccc1O. The van der Waals surface area contributed by atoms with Crippen LogP contribution in [-0.4, -0.2) is 75.3 Å². The molecule has 234 valence electrons. The van der Waals surface area contributed by atoms with E-state index < -0.39 is 23.1 Å². The third-order valence-electron chi connectivity index (χ3n) is 6.58. The molecule has 9 heteroatoms. The number of aromatic hydroxyl groups is 1. The Labute approximate surface area is 242 Å². The van der Waals surface area contributed by atoms with Crippen LogP contribution in [0.3, 0.4) is 0 Å². The van der Waals surface area contributed by atoms with Crippen molar-refractivity contribution in [3.63, 3.8) is 0 Å². The lowest BCUT2D eigenvalue weighted by molar-refractivity contribution is -0.550. The van der Waals surface area contributed by atoms with Gasteiger partial charge in [-0.1, -0.05) is 31.9 Å². The normalized spacial score (nSPS) is 13.2. The minimum atomic E-state index is -1.99. The minimum Gasteiger partial charge on any atom is -0.507 e. The monoisotopic (exact) mass is 572 g/mol. The van der Waals surface area contributed by atoms with E-state index in [1.54, 1.807) is 24.3 Å². The summed E-state index contributed by atoms with van der Waals surface area (Å²) >= 11 is 0. The van der Waals surface area contributed by atoms with Gasteiger partial charge in [0.15, 0.2) is 0 Å². The molecule has 0 radical (unpaired) electrons. The van der Waals surface area contributed by atoms with E-state index in [1.165, 1.54) is 0 Å². The van der Waals surface area contributed by atoms with Crippen molar-refractivity contribution in [3.05, 3.63) is 29.8 Å². The van der Waals surface area contributed by atoms with Crippen LogP contribution in [0.4, 0.5) is 0 Å². The summed E-state index contributed by atoms with van der Waals surface area (Å²) < 4.78 is 53.3. The molecule has 1 aromatic carbocycles. The summed E-state index contributed by atoms with van der Waals surface area (Å²) in [4.78, 5) is 0. The van der Waals surface area contributed by atoms with E-state index >= 15 is 0 Å². The second-order valence-corrected chi connectivity index (χ2v) is 9.04. The van der Waals surface area contributed by atoms with Crippen molar-refractivity contribution >= 4 is 0 Å². The lowest BCUT2D eigenvalue weighted by Crippen LogP contribution is -2.80. The number of phenols is 1. The Kier molecular flexibility index (Phi) is 16.8. The quantitative estimate of drug-likeness (QED) is 0.110. The number of ether oxygens (including phenoxy) is 8. The van der Waals surface area contributed by atoms with E-state index in [9.17, 15) is 5.11 Å². The van der Waals surface area contributed by atoms with Gasteiger partial charge in [-0.05, 0) is 73.9 Å². The lowest BCUT2D eigenvalue weighted by atomic mass is 9.81. The molecule has 1 N–H and O–H groups in total. The van der Waals surface area contributed by atoms with E-state index in [-0.39, 0.29) is 45.4 Å². The van der Waals surface area contributed by atoms with Crippen LogP contribution in [0.15, 0.2) is 24.3 Å². The Bertz CT molecular complexity index is 777. The molecule has 0 aliphatic heterocycles. The Balaban J connectivity index is 4.51. The summed E-state index contributed by atoms with van der Waals surface area (Å²) in [5, 5.41) is 11.3. The largest absolute Gasteiger partial charge is 0.507 e. The second-order valence-electron chi connectivity index (χ2n) is 9.04. The zero-order valence-corrected chi connectivity index (χ0v) is 26.5. The maximum Gasteiger partial charge on any atom is 0.290 e. The number of unbranched alkanes of at least 4 members (excludes halogenated alkanes) is 2. The topological polar surface area (TPSA) is 94.1 Å². The highest BCUT2D eigenvalue weighted by atomic mass is 16.9. The van der Waals surface area contributed by atoms with E-state index in [0.29, 0.717) is 25.2 Å². The standard InChI is InChI=1S/C31H56O9/c1-10-19-22-25-28(33-11-2,34-12-3)30(37-15-6,38-16-7)31(39-17-8,40-18-9)29(35-13-4,36-14-5)26-23-20-21-24-27(26)32/h20-21,23-24,32H,10-19,22,25H2,1-9H3. The van der Waals surface area contributed by atoms with Crippen LogP contribution in [0.2, 0.25) is 0 Å². The second kappa shape index (κ2) is 18.3. The molecule has 0 bridgehead atoms. The Morgan fingerprint density at radius 1 is 0.525 bits per heavy atom. The maximum absolute atomic E-state index is 11.3. The predicted molar refractivity (Wildman–Crippen MR) is 155 cm³/mol. The van der Waals surface area contributed by atoms with Gasteiger partial charge in [-0.25, -0.2) is 0 Å². The van der Waals surface area contributed by atoms with Crippen LogP contribution in [-0.2, 0) is 43.7 Å². The van der Waals surface area contributed by atoms with Crippen LogP contribution < -0.4 is 0 Å². The van der Waals surface area contributed by atoms with E-state index in [1.807, 2.05) is 55.4 Å². The van der Waals surface area contributed by atoms with Crippen molar-refractivity contribution in [2.24, 2.45) is 0 Å². The molecule has 0 spiro atoms. The molecule has 0 aliphatic rings. The van der Waals surface area contributed by atoms with Gasteiger partial charge < -0.3 is 43.0 Å². The van der Waals surface area contributed by atoms with Gasteiger partial charge in [0.1, 0.15) is 5.75 Å². The Morgan fingerprint density at radius 3 is 1.35 bits per heavy atom. The van der Waals surface area contributed by atoms with E-state index in [2.05, 4.69) is 6.92 Å². The van der Waals surface area contributed by atoms with E-state index in [0.717, 1.165) is 19.3 Å². The summed E-state index contributed by atoms with van der Waals surface area (Å²) in [5.74, 6) is -7.31. The van der Waals surface area contributed by atoms with Crippen LogP contribution in [0, 0.1) is 0 Å². The van der Waals surface area contributed by atoms with Crippen LogP contribution in [0.5, 0.6) is 5.75 Å². The molecule has 0 unspecified atom stereocenters. The Hall–Kier alpha value is -1.30. The molecule has 0 aliphatic carbocycles. The molecule has 0 saturated heterocycles. The molecule has 0 atom stereocenters. The maximum atomic E-state index is 11.3. The van der Waals surface area contributed by atoms with Gasteiger partial charge in [-0.2, -0.15) is 0 Å². The molecule has 1 rings (SSSR count). The fourth-order valence-corrected chi connectivity index (χ4v) is 5.49. The van der Waals surface area contributed by atoms with Crippen molar-refractivity contribution in [1.29, 1.82) is 0 Å². The molecule has 0 heterocycles. The first-order chi connectivity index (χ1) is 19.3. The number of hydrogen-bond acceptors (Lipinski definition) is 9. The summed E-state index contributed by atoms with van der Waals surface area (Å²) in [5.41, 5.74) is 0.305. The predicted octanol–water partition coefficient (Wildman–Crippen LogP) is 6.51. The first-order valence-electron chi connectivity index (χ1n) is 15.2. The highest BCUT2D eigenvalue weighted by molar-refractivity contribution is 5.38. The smallest absolute Gasteiger partial charge is 0.290 e. The van der Waals surface area contributed by atoms with Gasteiger partial charge in [0, 0.05) is 59.3 Å². The minimum absolute atomic E-state index is 0.0560. The van der Waals surface area contributed by atoms with Crippen LogP contribution in [0.25, 0.3) is 0 Å². The van der Waals surface area contributed by atoms with Gasteiger partial charge in [0.05, 0.1) is 5.56 Å². The number of hydrogen-bond donors (Lipinski definition) is 1. The molecule has 0 aromatic heterocycles. The van der Waals surface area contributed by atoms with Crippen molar-refractivity contribution < 1.29 is 43.0 Å². The van der Waals surface area contributed by atoms with Gasteiger partial charge in [0.2, 0.25) is 5.79 Å². The van der Waals surface area contributed by atoms with Crippen molar-refractivity contribution in [3.8, 4) is 5.75 Å². The van der Waals surface area contributed by atoms with Crippen molar-refractivity contribution in [1.82, 2.24) is 0 Å². The molecule has 1 aromatic rings. The zero-order chi connectivity index (χ0) is 30.1. The molecule has 9 nitrogen and oxygen atoms in total. The van der Waals surface area contributed by atoms with Gasteiger partial charge in [-0.3, -0.25) is 0 Å². The molecular weight excluding hydrogens is 516 g/mol.